The number of halogens is 2. The molecule has 7 nitrogen and oxygen atoms in total. The average Bonchev–Trinajstić information content (AvgIpc) is 2.98. The van der Waals surface area contributed by atoms with Gasteiger partial charge in [-0.05, 0) is 72.2 Å². The number of hydrogen-bond donors (Lipinski definition) is 1. The van der Waals surface area contributed by atoms with E-state index in [-0.39, 0.29) is 23.5 Å². The van der Waals surface area contributed by atoms with Crippen molar-refractivity contribution in [2.24, 2.45) is 0 Å². The summed E-state index contributed by atoms with van der Waals surface area (Å²) in [6.07, 6.45) is 1.67. The van der Waals surface area contributed by atoms with Crippen molar-refractivity contribution in [2.75, 3.05) is 11.5 Å². The largest absolute Gasteiger partial charge is 0.494 e. The Morgan fingerprint density at radius 3 is 2.33 bits per heavy atom. The van der Waals surface area contributed by atoms with Crippen LogP contribution in [0.2, 0.25) is 0 Å². The van der Waals surface area contributed by atoms with E-state index in [0.29, 0.717) is 40.3 Å². The fourth-order valence-electron chi connectivity index (χ4n) is 4.49. The predicted octanol–water partition coefficient (Wildman–Crippen LogP) is 6.82. The van der Waals surface area contributed by atoms with E-state index in [0.717, 1.165) is 16.0 Å². The number of ether oxygens (including phenoxy) is 2. The van der Waals surface area contributed by atoms with Crippen LogP contribution < -0.4 is 19.7 Å². The summed E-state index contributed by atoms with van der Waals surface area (Å²) in [6.45, 7) is 2.54. The monoisotopic (exact) mass is 628 g/mol. The molecule has 4 amide bonds. The number of hydrogen-bond acceptors (Lipinski definition) is 5. The first kappa shape index (κ1) is 28.8. The Hall–Kier alpha value is -4.76. The smallest absolute Gasteiger partial charge is 0.335 e. The lowest BCUT2D eigenvalue weighted by Crippen LogP contribution is -2.54. The van der Waals surface area contributed by atoms with Crippen LogP contribution in [0.5, 0.6) is 11.5 Å². The van der Waals surface area contributed by atoms with E-state index < -0.39 is 17.8 Å². The van der Waals surface area contributed by atoms with Gasteiger partial charge in [0.1, 0.15) is 29.5 Å². The van der Waals surface area contributed by atoms with E-state index in [1.165, 1.54) is 12.1 Å². The molecule has 0 aliphatic carbocycles. The van der Waals surface area contributed by atoms with Gasteiger partial charge in [0.2, 0.25) is 0 Å². The van der Waals surface area contributed by atoms with Crippen molar-refractivity contribution >= 4 is 45.5 Å². The number of nitrogens with one attached hydrogen (secondary N) is 1. The van der Waals surface area contributed by atoms with Crippen molar-refractivity contribution < 1.29 is 28.2 Å². The average molecular weight is 629 g/mol. The second kappa shape index (κ2) is 12.8. The highest BCUT2D eigenvalue weighted by Gasteiger charge is 2.37. The molecular formula is C33H26BrFN2O5. The minimum atomic E-state index is -0.850. The van der Waals surface area contributed by atoms with Gasteiger partial charge in [0.15, 0.2) is 0 Å². The van der Waals surface area contributed by atoms with Crippen molar-refractivity contribution in [2.45, 2.75) is 20.0 Å². The molecule has 0 atom stereocenters. The van der Waals surface area contributed by atoms with E-state index in [4.69, 9.17) is 9.47 Å². The Morgan fingerprint density at radius 1 is 0.905 bits per heavy atom. The number of nitrogens with zero attached hydrogens (tertiary/aromatic N) is 1. The van der Waals surface area contributed by atoms with Gasteiger partial charge in [-0.1, -0.05) is 64.5 Å². The molecule has 0 bridgehead atoms. The lowest BCUT2D eigenvalue weighted by Gasteiger charge is -2.26. The third kappa shape index (κ3) is 6.42. The van der Waals surface area contributed by atoms with Gasteiger partial charge in [0, 0.05) is 16.5 Å². The van der Waals surface area contributed by atoms with Crippen molar-refractivity contribution in [3.63, 3.8) is 0 Å². The summed E-state index contributed by atoms with van der Waals surface area (Å²) < 4.78 is 26.6. The van der Waals surface area contributed by atoms with Crippen molar-refractivity contribution in [1.82, 2.24) is 5.32 Å². The van der Waals surface area contributed by atoms with Crippen LogP contribution in [-0.4, -0.2) is 24.5 Å². The Morgan fingerprint density at radius 2 is 1.62 bits per heavy atom. The number of imide groups is 2. The third-order valence-electron chi connectivity index (χ3n) is 6.56. The van der Waals surface area contributed by atoms with Crippen molar-refractivity contribution in [3.05, 3.63) is 129 Å². The number of rotatable bonds is 9. The molecule has 0 aromatic heterocycles. The second-order valence-corrected chi connectivity index (χ2v) is 10.3. The summed E-state index contributed by atoms with van der Waals surface area (Å²) in [5.41, 5.74) is 2.75. The molecule has 4 aromatic carbocycles. The van der Waals surface area contributed by atoms with Gasteiger partial charge in [-0.3, -0.25) is 14.9 Å². The second-order valence-electron chi connectivity index (χ2n) is 9.41. The number of amides is 4. The molecule has 1 fully saturated rings. The molecule has 9 heteroatoms. The Bertz CT molecular complexity index is 1670. The summed E-state index contributed by atoms with van der Waals surface area (Å²) in [6, 6.07) is 25.1. The molecule has 0 radical (unpaired) electrons. The Kier molecular flexibility index (Phi) is 8.78. The first-order valence-corrected chi connectivity index (χ1v) is 14.0. The topological polar surface area (TPSA) is 84.9 Å². The molecule has 0 saturated carbocycles. The van der Waals surface area contributed by atoms with Gasteiger partial charge in [-0.2, -0.15) is 0 Å². The number of benzene rings is 4. The van der Waals surface area contributed by atoms with Crippen LogP contribution in [0.25, 0.3) is 6.08 Å². The molecule has 1 aliphatic rings. The molecule has 42 heavy (non-hydrogen) atoms. The molecule has 1 heterocycles. The molecule has 212 valence electrons. The predicted molar refractivity (Wildman–Crippen MR) is 161 cm³/mol. The number of carbonyl (C=O) groups is 3. The van der Waals surface area contributed by atoms with E-state index in [2.05, 4.69) is 21.2 Å². The van der Waals surface area contributed by atoms with Gasteiger partial charge < -0.3 is 9.47 Å². The molecule has 1 aliphatic heterocycles. The zero-order chi connectivity index (χ0) is 29.6. The molecular weight excluding hydrogens is 603 g/mol. The molecule has 4 aromatic rings. The zero-order valence-corrected chi connectivity index (χ0v) is 24.2. The SMILES string of the molecule is CCOc1cc(/C=C2\C(=O)NC(=O)N(c3ccc(OCc4ccccc4)cc3)C2=O)cc(Br)c1Cc1ccccc1F. The summed E-state index contributed by atoms with van der Waals surface area (Å²) in [5, 5.41) is 2.24. The maximum absolute atomic E-state index is 14.4. The van der Waals surface area contributed by atoms with Crippen LogP contribution in [0.4, 0.5) is 14.9 Å². The number of anilines is 1. The van der Waals surface area contributed by atoms with Gasteiger partial charge in [0.25, 0.3) is 11.8 Å². The van der Waals surface area contributed by atoms with E-state index in [1.807, 2.05) is 37.3 Å². The van der Waals surface area contributed by atoms with Gasteiger partial charge in [-0.25, -0.2) is 14.1 Å². The molecule has 0 unspecified atom stereocenters. The standard InChI is InChI=1S/C33H26BrFN2O5/c1-2-41-30-18-22(17-28(34)26(30)19-23-10-6-7-11-29(23)35)16-27-31(38)36-33(40)37(32(27)39)24-12-14-25(15-13-24)42-20-21-8-4-3-5-9-21/h3-18H,2,19-20H2,1H3,(H,36,38,40)/b27-16+. The molecule has 1 N–H and O–H groups in total. The maximum Gasteiger partial charge on any atom is 0.335 e. The normalized spacial score (nSPS) is 14.2. The highest BCUT2D eigenvalue weighted by molar-refractivity contribution is 9.10. The van der Waals surface area contributed by atoms with Crippen molar-refractivity contribution in [1.29, 1.82) is 0 Å². The fourth-order valence-corrected chi connectivity index (χ4v) is 5.09. The van der Waals surface area contributed by atoms with Crippen LogP contribution in [0, 0.1) is 5.82 Å². The van der Waals surface area contributed by atoms with Gasteiger partial charge in [-0.15, -0.1) is 0 Å². The Labute approximate surface area is 250 Å². The Balaban J connectivity index is 1.40. The summed E-state index contributed by atoms with van der Waals surface area (Å²) in [4.78, 5) is 39.8. The first-order valence-electron chi connectivity index (χ1n) is 13.2. The van der Waals surface area contributed by atoms with Gasteiger partial charge >= 0.3 is 6.03 Å². The lowest BCUT2D eigenvalue weighted by molar-refractivity contribution is -0.122. The first-order chi connectivity index (χ1) is 20.3. The fraction of sp³-hybridized carbons (Fsp3) is 0.121. The maximum atomic E-state index is 14.4. The van der Waals surface area contributed by atoms with Crippen LogP contribution in [-0.2, 0) is 22.6 Å². The minimum absolute atomic E-state index is 0.227. The molecule has 1 saturated heterocycles. The molecule has 5 rings (SSSR count). The number of barbiturate groups is 1. The van der Waals surface area contributed by atoms with Crippen LogP contribution in [0.1, 0.15) is 29.2 Å². The number of urea groups is 1. The van der Waals surface area contributed by atoms with Gasteiger partial charge in [0.05, 0.1) is 12.3 Å². The summed E-state index contributed by atoms with van der Waals surface area (Å²) >= 11 is 3.54. The van der Waals surface area contributed by atoms with Crippen LogP contribution in [0.3, 0.4) is 0 Å². The highest BCUT2D eigenvalue weighted by atomic mass is 79.9. The van der Waals surface area contributed by atoms with Crippen LogP contribution >= 0.6 is 15.9 Å². The quantitative estimate of drug-likeness (QED) is 0.162. The zero-order valence-electron chi connectivity index (χ0n) is 22.6. The summed E-state index contributed by atoms with van der Waals surface area (Å²) in [5.74, 6) is -0.879. The third-order valence-corrected chi connectivity index (χ3v) is 7.27. The number of carbonyl (C=O) groups excluding carboxylic acids is 3. The highest BCUT2D eigenvalue weighted by Crippen LogP contribution is 2.33. The van der Waals surface area contributed by atoms with Crippen LogP contribution in [0.15, 0.2) is 101 Å². The minimum Gasteiger partial charge on any atom is -0.494 e. The van der Waals surface area contributed by atoms with E-state index >= 15 is 0 Å². The van der Waals surface area contributed by atoms with E-state index in [9.17, 15) is 18.8 Å². The van der Waals surface area contributed by atoms with Crippen molar-refractivity contribution in [3.8, 4) is 11.5 Å². The molecule has 0 spiro atoms. The lowest BCUT2D eigenvalue weighted by atomic mass is 10.00. The van der Waals surface area contributed by atoms with E-state index in [1.54, 1.807) is 54.6 Å². The summed E-state index contributed by atoms with van der Waals surface area (Å²) in [7, 11) is 0.